The fourth-order valence-corrected chi connectivity index (χ4v) is 11.6. The lowest BCUT2D eigenvalue weighted by atomic mass is 10.0. The van der Waals surface area contributed by atoms with Crippen molar-refractivity contribution in [2.45, 2.75) is 182 Å². The number of benzene rings is 3. The molecular formula is C70H98N20O21. The first-order valence-electron chi connectivity index (χ1n) is 35.4. The number of rotatable bonds is 47. The number of nitrogens with two attached hydrogens (primary N) is 5. The summed E-state index contributed by atoms with van der Waals surface area (Å²) in [5, 5.41) is 95.8. The lowest BCUT2D eigenvalue weighted by molar-refractivity contribution is -0.144. The van der Waals surface area contributed by atoms with Crippen LogP contribution in [0, 0.1) is 5.41 Å². The number of phenolic OH excluding ortho intramolecular Hbond substituents is 2. The number of aliphatic hydroxyl groups excluding tert-OH is 2. The number of imidazole rings is 1. The number of aromatic hydroxyl groups is 2. The van der Waals surface area contributed by atoms with E-state index in [2.05, 4.69) is 68.5 Å². The van der Waals surface area contributed by atoms with Gasteiger partial charge in [-0.05, 0) is 106 Å². The van der Waals surface area contributed by atoms with Gasteiger partial charge >= 0.3 is 11.9 Å². The van der Waals surface area contributed by atoms with Crippen molar-refractivity contribution < 1.29 is 103 Å². The highest BCUT2D eigenvalue weighted by molar-refractivity contribution is 6.01. The van der Waals surface area contributed by atoms with Crippen LogP contribution in [0.25, 0.3) is 0 Å². The van der Waals surface area contributed by atoms with Gasteiger partial charge in [0.1, 0.15) is 78.0 Å². The number of amides is 13. The predicted molar refractivity (Wildman–Crippen MR) is 391 cm³/mol. The van der Waals surface area contributed by atoms with Gasteiger partial charge in [-0.15, -0.1) is 0 Å². The minimum Gasteiger partial charge on any atom is -0.508 e. The first kappa shape index (κ1) is 89.3. The van der Waals surface area contributed by atoms with Crippen molar-refractivity contribution in [1.82, 2.24) is 73.4 Å². The molecule has 13 amide bonds. The highest BCUT2D eigenvalue weighted by Crippen LogP contribution is 2.22. The minimum absolute atomic E-state index is 0.0697. The van der Waals surface area contributed by atoms with Crippen molar-refractivity contribution in [2.24, 2.45) is 28.7 Å². The van der Waals surface area contributed by atoms with Crippen LogP contribution in [0.5, 0.6) is 11.5 Å². The number of phenols is 2. The van der Waals surface area contributed by atoms with Gasteiger partial charge in [-0.1, -0.05) is 54.6 Å². The molecular weight excluding hydrogens is 1460 g/mol. The Balaban J connectivity index is 1.36. The summed E-state index contributed by atoms with van der Waals surface area (Å²) in [5.74, 6) is -18.1. The van der Waals surface area contributed by atoms with Gasteiger partial charge < -0.3 is 128 Å². The fraction of sp³-hybridized carbons (Fsp3) is 0.471. The average Bonchev–Trinajstić information content (AvgIpc) is 1.77. The third-order valence-electron chi connectivity index (χ3n) is 17.5. The molecule has 111 heavy (non-hydrogen) atoms. The zero-order valence-electron chi connectivity index (χ0n) is 60.7. The van der Waals surface area contributed by atoms with Crippen molar-refractivity contribution in [3.63, 3.8) is 0 Å². The number of aliphatic hydroxyl groups is 2. The largest absolute Gasteiger partial charge is 0.508 e. The molecule has 2 heterocycles. The second-order valence-electron chi connectivity index (χ2n) is 26.3. The standard InChI is InChI=1S/C70H98N20O21/c1-36(92)57(89-66(107)53-13-8-26-90(53)68(109)46(11-5-6-24-71)82-65(106)52(34-91)88-62(103)47(27-38-14-18-41(93)19-15-38)83-58(99)43(72)31-55(74)96)67(108)86-50(32-56(97)98)64(105)80-44(12-7-25-78-70(75)76)59(100)81-45(22-23-54(73)95)60(101)84-48(28-39-16-20-42(94)21-17-39)61(102)85-49(30-40-33-77-35-79-40)63(104)87-51(69(110)111)29-37-9-3-2-4-10-37/h2-4,9-10,14-21,33,35-36,43-53,57,91-94H,5-8,11-13,22-32,34,71-72H2,1H3,(H2,73,95)(H2,74,96)(H,77,79)(H,80,105)(H,81,100)(H,82,106)(H,83,99)(H,84,101)(H,85,102)(H,86,108)(H,87,104)(H,88,103)(H,89,107)(H,97,98)(H,110,111)(H4,75,76,78)/t36-,43+,44+,45+,46+,47+,48+,49+,50+,51+,52+,53+,57+/m1/s1. The number of carboxylic acids is 2. The van der Waals surface area contributed by atoms with Gasteiger partial charge in [-0.25, -0.2) is 9.78 Å². The molecule has 604 valence electrons. The fourth-order valence-electron chi connectivity index (χ4n) is 11.6. The van der Waals surface area contributed by atoms with E-state index in [0.29, 0.717) is 23.1 Å². The van der Waals surface area contributed by atoms with E-state index >= 15 is 0 Å². The normalized spacial score (nSPS) is 15.6. The molecule has 3 aromatic carbocycles. The van der Waals surface area contributed by atoms with E-state index in [1.54, 1.807) is 30.3 Å². The Kier molecular flexibility index (Phi) is 36.0. The number of carboxylic acid groups (broad SMARTS) is 2. The van der Waals surface area contributed by atoms with Gasteiger partial charge in [-0.3, -0.25) is 72.5 Å². The minimum atomic E-state index is -2.14. The molecule has 0 unspecified atom stereocenters. The molecule has 0 radical (unpaired) electrons. The highest BCUT2D eigenvalue weighted by Gasteiger charge is 2.42. The van der Waals surface area contributed by atoms with E-state index in [1.165, 1.54) is 61.1 Å². The molecule has 1 saturated heterocycles. The van der Waals surface area contributed by atoms with Crippen molar-refractivity contribution in [1.29, 1.82) is 5.41 Å². The number of hydrogen-bond acceptors (Lipinski definition) is 23. The summed E-state index contributed by atoms with van der Waals surface area (Å²) in [4.78, 5) is 213. The van der Waals surface area contributed by atoms with Crippen LogP contribution in [0.4, 0.5) is 0 Å². The smallest absolute Gasteiger partial charge is 0.326 e. The molecule has 1 aliphatic heterocycles. The number of primary amides is 2. The number of H-pyrrole nitrogens is 1. The molecule has 1 aromatic heterocycles. The summed E-state index contributed by atoms with van der Waals surface area (Å²) in [6.07, 6.45) is -3.32. The molecule has 41 nitrogen and oxygen atoms in total. The van der Waals surface area contributed by atoms with Gasteiger partial charge in [0, 0.05) is 51.4 Å². The number of aromatic nitrogens is 2. The van der Waals surface area contributed by atoms with E-state index in [0.717, 1.165) is 11.8 Å². The summed E-state index contributed by atoms with van der Waals surface area (Å²) < 4.78 is 0. The van der Waals surface area contributed by atoms with Gasteiger partial charge in [-0.2, -0.15) is 0 Å². The summed E-state index contributed by atoms with van der Waals surface area (Å²) in [6.45, 7) is -0.135. The lowest BCUT2D eigenvalue weighted by Gasteiger charge is -2.31. The van der Waals surface area contributed by atoms with Crippen molar-refractivity contribution in [3.05, 3.63) is 114 Å². The predicted octanol–water partition coefficient (Wildman–Crippen LogP) is -7.28. The van der Waals surface area contributed by atoms with Crippen LogP contribution < -0.4 is 87.2 Å². The number of nitrogens with one attached hydrogen (secondary N) is 13. The maximum absolute atomic E-state index is 14.6. The zero-order chi connectivity index (χ0) is 82.0. The second-order valence-corrected chi connectivity index (χ2v) is 26.3. The Morgan fingerprint density at radius 2 is 1.02 bits per heavy atom. The quantitative estimate of drug-likeness (QED) is 0.0111. The van der Waals surface area contributed by atoms with Crippen molar-refractivity contribution in [2.75, 3.05) is 26.2 Å². The number of nitrogens with zero attached hydrogens (tertiary/aromatic N) is 2. The number of carbonyl (C=O) groups is 15. The van der Waals surface area contributed by atoms with Crippen LogP contribution in [-0.4, -0.2) is 245 Å². The Morgan fingerprint density at radius 1 is 0.550 bits per heavy atom. The molecule has 4 aromatic rings. The maximum Gasteiger partial charge on any atom is 0.326 e. The molecule has 1 fully saturated rings. The lowest BCUT2D eigenvalue weighted by Crippen LogP contribution is -2.62. The van der Waals surface area contributed by atoms with Crippen LogP contribution >= 0.6 is 0 Å². The molecule has 1 aliphatic rings. The maximum atomic E-state index is 14.6. The molecule has 13 atom stereocenters. The Bertz CT molecular complexity index is 3870. The van der Waals surface area contributed by atoms with Gasteiger partial charge in [0.25, 0.3) is 0 Å². The van der Waals surface area contributed by atoms with Crippen molar-refractivity contribution >= 4 is 94.7 Å². The molecule has 5 rings (SSSR count). The van der Waals surface area contributed by atoms with Crippen LogP contribution in [0.1, 0.15) is 99.9 Å². The molecule has 0 aliphatic carbocycles. The van der Waals surface area contributed by atoms with Crippen LogP contribution in [0.15, 0.2) is 91.4 Å². The number of guanidine groups is 1. The van der Waals surface area contributed by atoms with E-state index in [9.17, 15) is 103 Å². The summed E-state index contributed by atoms with van der Waals surface area (Å²) in [7, 11) is 0. The third-order valence-corrected chi connectivity index (χ3v) is 17.5. The van der Waals surface area contributed by atoms with Crippen LogP contribution in [0.2, 0.25) is 0 Å². The number of carbonyl (C=O) groups excluding carboxylic acids is 13. The number of likely N-dealkylation sites (tertiary alicyclic amines) is 1. The molecule has 0 spiro atoms. The number of aliphatic carboxylic acids is 2. The Labute approximate surface area is 635 Å². The number of unbranched alkanes of at least 4 members (excludes halogenated alkanes) is 1. The van der Waals surface area contributed by atoms with Gasteiger partial charge in [0.15, 0.2) is 5.96 Å². The number of hydrogen-bond donors (Lipinski definition) is 24. The molecule has 41 heteroatoms. The highest BCUT2D eigenvalue weighted by atomic mass is 16.4. The Hall–Kier alpha value is -12.4. The van der Waals surface area contributed by atoms with Gasteiger partial charge in [0.2, 0.25) is 76.8 Å². The summed E-state index contributed by atoms with van der Waals surface area (Å²) >= 11 is 0. The van der Waals surface area contributed by atoms with Crippen LogP contribution in [0.3, 0.4) is 0 Å². The first-order valence-corrected chi connectivity index (χ1v) is 35.4. The topological polar surface area (TPSA) is 696 Å². The van der Waals surface area contributed by atoms with Crippen LogP contribution in [-0.2, 0) is 97.6 Å². The average molecular weight is 1560 g/mol. The summed E-state index contributed by atoms with van der Waals surface area (Å²) in [6, 6.07) is -1.18. The second kappa shape index (κ2) is 44.8. The monoisotopic (exact) mass is 1550 g/mol. The molecule has 29 N–H and O–H groups in total. The number of aromatic amines is 1. The van der Waals surface area contributed by atoms with E-state index in [4.69, 9.17) is 34.1 Å². The molecule has 0 saturated carbocycles. The van der Waals surface area contributed by atoms with E-state index in [1.807, 2.05) is 0 Å². The zero-order valence-corrected chi connectivity index (χ0v) is 60.7. The van der Waals surface area contributed by atoms with E-state index < -0.39 is 212 Å². The Morgan fingerprint density at radius 3 is 1.52 bits per heavy atom. The summed E-state index contributed by atoms with van der Waals surface area (Å²) in [5.41, 5.74) is 29.3. The van der Waals surface area contributed by atoms with E-state index in [-0.39, 0.29) is 94.6 Å². The first-order chi connectivity index (χ1) is 52.7. The SMILES string of the molecule is C[C@@H](O)[C@H](NC(=O)[C@@H]1CCCN1C(=O)[C@H](CCCCN)NC(=O)[C@H](CO)NC(=O)[C@H](Cc1ccc(O)cc1)NC(=O)[C@@H](N)CC(N)=O)C(=O)N[C@@H](CC(=O)O)C(=O)N[C@@H](CCCNC(=N)N)C(=O)N[C@@H](CCC(N)=O)C(=O)N[C@@H](Cc1ccc(O)cc1)C(=O)N[C@@H](Cc1c[nH]cn1)C(=O)N[C@@H](Cc1ccccc1)C(=O)O. The molecule has 0 bridgehead atoms. The van der Waals surface area contributed by atoms with Gasteiger partial charge in [0.05, 0.1) is 43.6 Å². The third kappa shape index (κ3) is 30.3. The van der Waals surface area contributed by atoms with Crippen molar-refractivity contribution in [3.8, 4) is 11.5 Å².